The predicted octanol–water partition coefficient (Wildman–Crippen LogP) is 6.99. The van der Waals surface area contributed by atoms with Gasteiger partial charge in [0.25, 0.3) is 5.91 Å². The molecule has 2 aromatic carbocycles. The molecule has 3 aromatic rings. The van der Waals surface area contributed by atoms with Gasteiger partial charge in [0.05, 0.1) is 42.3 Å². The van der Waals surface area contributed by atoms with Crippen LogP contribution in [0.15, 0.2) is 28.7 Å². The second-order valence-corrected chi connectivity index (χ2v) is 7.73. The molecule has 0 bridgehead atoms. The summed E-state index contributed by atoms with van der Waals surface area (Å²) < 4.78 is 80.9. The van der Waals surface area contributed by atoms with Gasteiger partial charge in [-0.15, -0.1) is 10.2 Å². The summed E-state index contributed by atoms with van der Waals surface area (Å²) in [4.78, 5) is 11.1. The Labute approximate surface area is 206 Å². The van der Waals surface area contributed by atoms with Gasteiger partial charge in [-0.25, -0.2) is 5.84 Å². The van der Waals surface area contributed by atoms with Crippen LogP contribution in [0.4, 0.5) is 26.3 Å². The number of nitrogens with two attached hydrogens (primary N) is 1. The maximum absolute atomic E-state index is 12.8. The molecular weight excluding hydrogens is 560 g/mol. The first-order valence-electron chi connectivity index (χ1n) is 8.51. The first-order valence-corrected chi connectivity index (χ1v) is 10.0. The number of aromatic nitrogens is 2. The lowest BCUT2D eigenvalue weighted by Crippen LogP contribution is -2.30. The zero-order chi connectivity index (χ0) is 26.0. The number of rotatable bonds is 2. The number of alkyl halides is 6. The molecule has 0 spiro atoms. The summed E-state index contributed by atoms with van der Waals surface area (Å²) in [7, 11) is 0. The number of halogens is 10. The highest BCUT2D eigenvalue weighted by Gasteiger charge is 2.38. The lowest BCUT2D eigenvalue weighted by atomic mass is 10.1. The first kappa shape index (κ1) is 28.0. The molecule has 0 saturated heterocycles. The Morgan fingerprint density at radius 3 is 1.82 bits per heavy atom. The van der Waals surface area contributed by atoms with Crippen molar-refractivity contribution in [2.45, 2.75) is 19.3 Å². The van der Waals surface area contributed by atoms with Crippen molar-refractivity contribution in [2.75, 3.05) is 0 Å². The summed E-state index contributed by atoms with van der Waals surface area (Å²) in [6, 6.07) is 4.38. The molecule has 16 heteroatoms. The smallest absolute Gasteiger partial charge is 0.419 e. The first-order chi connectivity index (χ1) is 15.6. The topological polar surface area (TPSA) is 94.0 Å². The van der Waals surface area contributed by atoms with E-state index in [0.717, 1.165) is 18.2 Å². The van der Waals surface area contributed by atoms with Crippen molar-refractivity contribution < 1.29 is 35.6 Å². The minimum absolute atomic E-state index is 0.00556. The molecule has 0 aliphatic carbocycles. The molecule has 34 heavy (non-hydrogen) atoms. The summed E-state index contributed by atoms with van der Waals surface area (Å²) in [5.41, 5.74) is -1.07. The maximum Gasteiger partial charge on any atom is 0.419 e. The average molecular weight is 570 g/mol. The van der Waals surface area contributed by atoms with Crippen LogP contribution in [0.1, 0.15) is 27.4 Å². The highest BCUT2D eigenvalue weighted by molar-refractivity contribution is 6.38. The van der Waals surface area contributed by atoms with Gasteiger partial charge in [0, 0.05) is 6.92 Å². The Balaban J connectivity index is 0.000000242. The van der Waals surface area contributed by atoms with Crippen LogP contribution in [-0.2, 0) is 12.4 Å². The van der Waals surface area contributed by atoms with Crippen LogP contribution in [0.3, 0.4) is 0 Å². The number of hydrazine groups is 1. The number of hydrogen-bond acceptors (Lipinski definition) is 5. The minimum Gasteiger partial charge on any atom is -0.421 e. The molecule has 1 amide bonds. The van der Waals surface area contributed by atoms with Crippen molar-refractivity contribution in [3.63, 3.8) is 0 Å². The number of nitrogens with zero attached hydrogens (tertiary/aromatic N) is 2. The van der Waals surface area contributed by atoms with Gasteiger partial charge in [0.1, 0.15) is 0 Å². The summed E-state index contributed by atoms with van der Waals surface area (Å²) in [6.07, 6.45) is -9.39. The van der Waals surface area contributed by atoms with Gasteiger partial charge in [-0.2, -0.15) is 26.3 Å². The quantitative estimate of drug-likeness (QED) is 0.150. The third-order valence-corrected chi connectivity index (χ3v) is 5.30. The Morgan fingerprint density at radius 1 is 0.882 bits per heavy atom. The molecule has 1 aromatic heterocycles. The minimum atomic E-state index is -4.74. The van der Waals surface area contributed by atoms with Crippen molar-refractivity contribution in [1.29, 1.82) is 0 Å². The molecule has 1 heterocycles. The zero-order valence-electron chi connectivity index (χ0n) is 16.4. The third-order valence-electron chi connectivity index (χ3n) is 3.88. The average Bonchev–Trinajstić information content (AvgIpc) is 3.12. The highest BCUT2D eigenvalue weighted by atomic mass is 35.5. The molecule has 0 atom stereocenters. The van der Waals surface area contributed by atoms with Crippen LogP contribution in [0.5, 0.6) is 0 Å². The van der Waals surface area contributed by atoms with E-state index in [2.05, 4.69) is 10.2 Å². The van der Waals surface area contributed by atoms with Crippen LogP contribution >= 0.6 is 46.4 Å². The van der Waals surface area contributed by atoms with Gasteiger partial charge < -0.3 is 4.42 Å². The fourth-order valence-electron chi connectivity index (χ4n) is 2.45. The summed E-state index contributed by atoms with van der Waals surface area (Å²) >= 11 is 22.0. The van der Waals surface area contributed by atoms with Crippen molar-refractivity contribution >= 4 is 52.3 Å². The molecule has 3 rings (SSSR count). The maximum atomic E-state index is 12.8. The van der Waals surface area contributed by atoms with Gasteiger partial charge in [-0.3, -0.25) is 10.2 Å². The van der Waals surface area contributed by atoms with E-state index in [-0.39, 0.29) is 22.9 Å². The second-order valence-electron chi connectivity index (χ2n) is 6.16. The van der Waals surface area contributed by atoms with Gasteiger partial charge in [0.15, 0.2) is 0 Å². The van der Waals surface area contributed by atoms with Crippen LogP contribution in [0.2, 0.25) is 20.1 Å². The Morgan fingerprint density at radius 2 is 1.38 bits per heavy atom. The van der Waals surface area contributed by atoms with Crippen molar-refractivity contribution in [1.82, 2.24) is 15.6 Å². The molecule has 0 saturated carbocycles. The Hall–Kier alpha value is -2.25. The van der Waals surface area contributed by atoms with E-state index in [1.54, 1.807) is 5.43 Å². The lowest BCUT2D eigenvalue weighted by molar-refractivity contribution is -0.138. The van der Waals surface area contributed by atoms with Crippen molar-refractivity contribution in [3.8, 4) is 11.5 Å². The number of carbonyl (C=O) groups is 1. The van der Waals surface area contributed by atoms with E-state index in [1.165, 1.54) is 13.0 Å². The van der Waals surface area contributed by atoms with Crippen LogP contribution in [-0.4, -0.2) is 16.1 Å². The molecule has 3 N–H and O–H groups in total. The van der Waals surface area contributed by atoms with E-state index >= 15 is 0 Å². The van der Waals surface area contributed by atoms with Crippen LogP contribution in [0.25, 0.3) is 11.5 Å². The number of aryl methyl sites for hydroxylation is 1. The van der Waals surface area contributed by atoms with Crippen LogP contribution < -0.4 is 11.3 Å². The van der Waals surface area contributed by atoms with Crippen molar-refractivity contribution in [3.05, 3.63) is 66.9 Å². The SMILES string of the molecule is Cc1nnc(-c2ccc(Cl)c(C(F)(F)F)c2Cl)o1.NNC(=O)c1ccc(Cl)c(C(F)(F)F)c1Cl. The fraction of sp³-hybridized carbons (Fsp3) is 0.167. The third kappa shape index (κ3) is 6.25. The molecule has 0 aliphatic heterocycles. The normalized spacial score (nSPS) is 11.6. The van der Waals surface area contributed by atoms with E-state index < -0.39 is 49.5 Å². The molecular formula is C18H10Cl4F6N4O2. The molecule has 0 aliphatic rings. The molecule has 0 radical (unpaired) electrons. The van der Waals surface area contributed by atoms with Crippen LogP contribution in [0, 0.1) is 6.92 Å². The number of hydrogen-bond donors (Lipinski definition) is 2. The second kappa shape index (κ2) is 10.6. The summed E-state index contributed by atoms with van der Waals surface area (Å²) in [6.45, 7) is 1.52. The van der Waals surface area contributed by atoms with Gasteiger partial charge in [-0.05, 0) is 24.3 Å². The number of nitrogen functional groups attached to an aromatic ring is 1. The molecule has 0 unspecified atom stereocenters. The van der Waals surface area contributed by atoms with E-state index in [1.807, 2.05) is 0 Å². The molecule has 0 fully saturated rings. The Bertz CT molecular complexity index is 1210. The predicted molar refractivity (Wildman–Crippen MR) is 113 cm³/mol. The fourth-order valence-corrected chi connectivity index (χ4v) is 3.78. The lowest BCUT2D eigenvalue weighted by Gasteiger charge is -2.13. The monoisotopic (exact) mass is 568 g/mol. The van der Waals surface area contributed by atoms with Gasteiger partial charge in [0.2, 0.25) is 11.8 Å². The number of nitrogens with one attached hydrogen (secondary N) is 1. The van der Waals surface area contributed by atoms with E-state index in [4.69, 9.17) is 56.7 Å². The molecule has 184 valence electrons. The Kier molecular flexibility index (Phi) is 8.70. The van der Waals surface area contributed by atoms with Gasteiger partial charge in [-0.1, -0.05) is 46.4 Å². The summed E-state index contributed by atoms with van der Waals surface area (Å²) in [5, 5.41) is 4.76. The van der Waals surface area contributed by atoms with Crippen molar-refractivity contribution in [2.24, 2.45) is 5.84 Å². The van der Waals surface area contributed by atoms with Gasteiger partial charge >= 0.3 is 12.4 Å². The summed E-state index contributed by atoms with van der Waals surface area (Å²) in [5.74, 6) is 4.02. The van der Waals surface area contributed by atoms with E-state index in [9.17, 15) is 31.1 Å². The largest absolute Gasteiger partial charge is 0.421 e. The number of amides is 1. The number of carbonyl (C=O) groups excluding carboxylic acids is 1. The zero-order valence-corrected chi connectivity index (χ0v) is 19.4. The highest BCUT2D eigenvalue weighted by Crippen LogP contribution is 2.43. The van der Waals surface area contributed by atoms with E-state index in [0.29, 0.717) is 0 Å². The standard InChI is InChI=1S/C10H5Cl2F3N2O.C8H5Cl2F3N2O/c1-4-16-17-9(18-4)5-2-3-6(11)7(8(5)12)10(13,14)15;9-4-2-1-3(7(16)15-14)6(10)5(4)8(11,12)13/h2-3H,1H3;1-2H,14H2,(H,15,16). The molecule has 6 nitrogen and oxygen atoms in total. The number of benzene rings is 2.